The topological polar surface area (TPSA) is 104 Å². The number of benzene rings is 2. The Bertz CT molecular complexity index is 1230. The summed E-state index contributed by atoms with van der Waals surface area (Å²) in [5.74, 6) is -1.29. The number of nitrogens with one attached hydrogen (secondary N) is 3. The van der Waals surface area contributed by atoms with Gasteiger partial charge >= 0.3 is 0 Å². The molecule has 1 heterocycles. The zero-order valence-corrected chi connectivity index (χ0v) is 20.3. The molecule has 0 saturated heterocycles. The Morgan fingerprint density at radius 3 is 2.71 bits per heavy atom. The van der Waals surface area contributed by atoms with Gasteiger partial charge in [-0.3, -0.25) is 9.59 Å². The van der Waals surface area contributed by atoms with Crippen molar-refractivity contribution >= 4 is 44.6 Å². The largest absolute Gasteiger partial charge is 0.371 e. The summed E-state index contributed by atoms with van der Waals surface area (Å²) in [6.45, 7) is 0.567. The number of sulfone groups is 1. The van der Waals surface area contributed by atoms with Gasteiger partial charge in [0, 0.05) is 17.1 Å². The van der Waals surface area contributed by atoms with Crippen LogP contribution in [0.15, 0.2) is 54.1 Å². The predicted octanol–water partition coefficient (Wildman–Crippen LogP) is 4.31. The molecule has 0 aromatic heterocycles. The lowest BCUT2D eigenvalue weighted by molar-refractivity contribution is -0.116. The molecule has 0 radical (unpaired) electrons. The van der Waals surface area contributed by atoms with Gasteiger partial charge in [-0.25, -0.2) is 8.42 Å². The van der Waals surface area contributed by atoms with Crippen LogP contribution in [0.4, 0.5) is 11.4 Å². The van der Waals surface area contributed by atoms with Crippen molar-refractivity contribution in [2.24, 2.45) is 0 Å². The van der Waals surface area contributed by atoms with Gasteiger partial charge < -0.3 is 16.0 Å². The number of hydrogen-bond donors (Lipinski definition) is 3. The minimum absolute atomic E-state index is 0.210. The van der Waals surface area contributed by atoms with Crippen molar-refractivity contribution in [2.45, 2.75) is 43.9 Å². The van der Waals surface area contributed by atoms with E-state index >= 15 is 0 Å². The first-order valence-corrected chi connectivity index (χ1v) is 13.6. The van der Waals surface area contributed by atoms with Crippen molar-refractivity contribution in [3.63, 3.8) is 0 Å². The molecule has 0 saturated carbocycles. The number of anilines is 2. The highest BCUT2D eigenvalue weighted by Crippen LogP contribution is 2.29. The van der Waals surface area contributed by atoms with Gasteiger partial charge in [0.2, 0.25) is 5.91 Å². The van der Waals surface area contributed by atoms with Gasteiger partial charge in [0.1, 0.15) is 6.04 Å². The van der Waals surface area contributed by atoms with Gasteiger partial charge in [0.15, 0.2) is 9.84 Å². The number of allylic oxidation sites excluding steroid dienone is 1. The summed E-state index contributed by atoms with van der Waals surface area (Å²) in [7, 11) is -3.61. The first kappa shape index (κ1) is 24.3. The summed E-state index contributed by atoms with van der Waals surface area (Å²) in [6, 6.07) is 10.7. The Morgan fingerprint density at radius 1 is 1.12 bits per heavy atom. The minimum atomic E-state index is -3.61. The molecule has 2 aliphatic rings. The number of rotatable bonds is 8. The lowest BCUT2D eigenvalue weighted by Gasteiger charge is -2.27. The third-order valence-corrected chi connectivity index (χ3v) is 8.02. The van der Waals surface area contributed by atoms with Crippen molar-refractivity contribution in [2.75, 3.05) is 22.9 Å². The summed E-state index contributed by atoms with van der Waals surface area (Å²) < 4.78 is 25.4. The maximum Gasteiger partial charge on any atom is 0.251 e. The smallest absolute Gasteiger partial charge is 0.251 e. The van der Waals surface area contributed by atoms with Crippen molar-refractivity contribution in [3.05, 3.63) is 70.3 Å². The molecule has 1 unspecified atom stereocenters. The lowest BCUT2D eigenvalue weighted by atomic mass is 9.97. The first-order valence-electron chi connectivity index (χ1n) is 11.4. The molecule has 34 heavy (non-hydrogen) atoms. The standard InChI is InChI=1S/C25H28ClN3O4S/c26-20-9-5-4-8-19(20)15-34(32,33)16-23-25(31)29-22-14-18(10-11-21(22)28-23)24(30)27-13-12-17-6-2-1-3-7-17/h4-6,8-11,14,23,28H,1-3,7,12-13,15-16H2,(H,27,30)(H,29,31). The van der Waals surface area contributed by atoms with Crippen LogP contribution in [0.25, 0.3) is 0 Å². The van der Waals surface area contributed by atoms with Crippen molar-refractivity contribution in [1.82, 2.24) is 5.32 Å². The molecule has 180 valence electrons. The highest BCUT2D eigenvalue weighted by molar-refractivity contribution is 7.90. The molecule has 9 heteroatoms. The number of fused-ring (bicyclic) bond motifs is 1. The van der Waals surface area contributed by atoms with E-state index in [4.69, 9.17) is 11.6 Å². The summed E-state index contributed by atoms with van der Waals surface area (Å²) in [5, 5.41) is 9.02. The molecule has 1 aliphatic heterocycles. The second-order valence-electron chi connectivity index (χ2n) is 8.71. The Morgan fingerprint density at radius 2 is 1.94 bits per heavy atom. The fraction of sp³-hybridized carbons (Fsp3) is 0.360. The van der Waals surface area contributed by atoms with Gasteiger partial charge in [0.05, 0.1) is 22.9 Å². The van der Waals surface area contributed by atoms with E-state index in [0.717, 1.165) is 19.3 Å². The van der Waals surface area contributed by atoms with Crippen LogP contribution in [0.5, 0.6) is 0 Å². The van der Waals surface area contributed by atoms with Crippen LogP contribution in [0.3, 0.4) is 0 Å². The van der Waals surface area contributed by atoms with Crippen molar-refractivity contribution < 1.29 is 18.0 Å². The maximum atomic E-state index is 12.7. The van der Waals surface area contributed by atoms with E-state index < -0.39 is 21.8 Å². The molecule has 1 aliphatic carbocycles. The van der Waals surface area contributed by atoms with Gasteiger partial charge in [0.25, 0.3) is 5.91 Å². The fourth-order valence-corrected chi connectivity index (χ4v) is 6.11. The molecule has 0 fully saturated rings. The van der Waals surface area contributed by atoms with Crippen LogP contribution in [0, 0.1) is 0 Å². The molecule has 0 bridgehead atoms. The zero-order chi connectivity index (χ0) is 24.1. The molecule has 3 N–H and O–H groups in total. The third kappa shape index (κ3) is 6.18. The molecule has 1 atom stereocenters. The molecule has 2 aromatic rings. The molecule has 4 rings (SSSR count). The van der Waals surface area contributed by atoms with Gasteiger partial charge in [-0.05, 0) is 61.9 Å². The van der Waals surface area contributed by atoms with Crippen molar-refractivity contribution in [3.8, 4) is 0 Å². The zero-order valence-electron chi connectivity index (χ0n) is 18.8. The van der Waals surface area contributed by atoms with Crippen LogP contribution in [0.2, 0.25) is 5.02 Å². The maximum absolute atomic E-state index is 12.7. The van der Waals surface area contributed by atoms with Crippen LogP contribution >= 0.6 is 11.6 Å². The van der Waals surface area contributed by atoms with Crippen LogP contribution < -0.4 is 16.0 Å². The Balaban J connectivity index is 1.36. The summed E-state index contributed by atoms with van der Waals surface area (Å²) in [5.41, 5.74) is 3.34. The second-order valence-corrected chi connectivity index (χ2v) is 11.2. The van der Waals surface area contributed by atoms with Crippen LogP contribution in [-0.2, 0) is 20.4 Å². The number of carbonyl (C=O) groups excluding carboxylic acids is 2. The van der Waals surface area contributed by atoms with Gasteiger partial charge in [-0.1, -0.05) is 41.4 Å². The monoisotopic (exact) mass is 501 g/mol. The Labute approximate surface area is 204 Å². The number of halogens is 1. The summed E-state index contributed by atoms with van der Waals surface area (Å²) in [6.07, 6.45) is 7.77. The average molecular weight is 502 g/mol. The van der Waals surface area contributed by atoms with E-state index in [2.05, 4.69) is 22.0 Å². The highest BCUT2D eigenvalue weighted by Gasteiger charge is 2.31. The van der Waals surface area contributed by atoms with Crippen LogP contribution in [-0.4, -0.2) is 38.6 Å². The third-order valence-electron chi connectivity index (χ3n) is 6.06. The van der Waals surface area contributed by atoms with Gasteiger partial charge in [-0.2, -0.15) is 0 Å². The number of hydrogen-bond acceptors (Lipinski definition) is 5. The fourth-order valence-electron chi connectivity index (χ4n) is 4.24. The normalized spacial score (nSPS) is 17.7. The molecular formula is C25H28ClN3O4S. The van der Waals surface area contributed by atoms with E-state index in [1.807, 2.05) is 0 Å². The molecule has 0 spiro atoms. The van der Waals surface area contributed by atoms with E-state index in [0.29, 0.717) is 34.1 Å². The van der Waals surface area contributed by atoms with E-state index in [-0.39, 0.29) is 17.4 Å². The molecule has 2 amide bonds. The highest BCUT2D eigenvalue weighted by atomic mass is 35.5. The predicted molar refractivity (Wildman–Crippen MR) is 135 cm³/mol. The quantitative estimate of drug-likeness (QED) is 0.467. The second kappa shape index (κ2) is 10.6. The van der Waals surface area contributed by atoms with Crippen LogP contribution in [0.1, 0.15) is 48.0 Å². The van der Waals surface area contributed by atoms with E-state index in [1.54, 1.807) is 42.5 Å². The SMILES string of the molecule is O=C(NCCC1=CCCCC1)c1ccc2c(c1)NC(=O)C(CS(=O)(=O)Cc1ccccc1Cl)N2. The summed E-state index contributed by atoms with van der Waals surface area (Å²) >= 11 is 6.09. The molecule has 7 nitrogen and oxygen atoms in total. The molecule has 2 aromatic carbocycles. The Hall–Kier alpha value is -2.84. The number of amides is 2. The van der Waals surface area contributed by atoms with E-state index in [1.165, 1.54) is 18.4 Å². The average Bonchev–Trinajstić information content (AvgIpc) is 2.81. The summed E-state index contributed by atoms with van der Waals surface area (Å²) in [4.78, 5) is 25.2. The van der Waals surface area contributed by atoms with Crippen molar-refractivity contribution in [1.29, 1.82) is 0 Å². The molecular weight excluding hydrogens is 474 g/mol. The first-order chi connectivity index (χ1) is 16.3. The minimum Gasteiger partial charge on any atom is -0.371 e. The Kier molecular flexibility index (Phi) is 7.58. The number of carbonyl (C=O) groups is 2. The van der Waals surface area contributed by atoms with E-state index in [9.17, 15) is 18.0 Å². The van der Waals surface area contributed by atoms with Gasteiger partial charge in [-0.15, -0.1) is 0 Å². The lowest BCUT2D eigenvalue weighted by Crippen LogP contribution is -2.43.